The first-order chi connectivity index (χ1) is 13.7. The van der Waals surface area contributed by atoms with Crippen LogP contribution in [0.25, 0.3) is 11.1 Å². The van der Waals surface area contributed by atoms with Crippen molar-refractivity contribution in [3.8, 4) is 11.1 Å². The molecule has 0 spiro atoms. The van der Waals surface area contributed by atoms with Crippen LogP contribution in [0.3, 0.4) is 0 Å². The van der Waals surface area contributed by atoms with E-state index in [4.69, 9.17) is 0 Å². The summed E-state index contributed by atoms with van der Waals surface area (Å²) in [5, 5.41) is 0. The Kier molecular flexibility index (Phi) is 7.48. The first-order valence-electron chi connectivity index (χ1n) is 11.4. The zero-order valence-electron chi connectivity index (χ0n) is 17.8. The van der Waals surface area contributed by atoms with Gasteiger partial charge in [0.15, 0.2) is 0 Å². The molecule has 0 saturated heterocycles. The van der Waals surface area contributed by atoms with Crippen LogP contribution in [0.4, 0.5) is 0 Å². The van der Waals surface area contributed by atoms with Crippen LogP contribution in [0.1, 0.15) is 88.7 Å². The van der Waals surface area contributed by atoms with Crippen LogP contribution in [0.15, 0.2) is 48.5 Å². The minimum absolute atomic E-state index is 0.0359. The molecule has 1 fully saturated rings. The summed E-state index contributed by atoms with van der Waals surface area (Å²) in [7, 11) is 0. The first-order valence-corrected chi connectivity index (χ1v) is 11.4. The maximum atomic E-state index is 11.8. The van der Waals surface area contributed by atoms with Crippen molar-refractivity contribution in [2.75, 3.05) is 0 Å². The minimum atomic E-state index is -0.0359. The third-order valence-electron chi connectivity index (χ3n) is 6.72. The van der Waals surface area contributed by atoms with E-state index < -0.39 is 0 Å². The molecule has 0 radical (unpaired) electrons. The van der Waals surface area contributed by atoms with Crippen LogP contribution in [0, 0.1) is 5.41 Å². The maximum absolute atomic E-state index is 11.8. The number of hydrogen-bond acceptors (Lipinski definition) is 1. The monoisotopic (exact) mass is 376 g/mol. The molecule has 0 aliphatic heterocycles. The molecular formula is C27H36O. The van der Waals surface area contributed by atoms with Crippen molar-refractivity contribution in [2.45, 2.75) is 84.0 Å². The lowest BCUT2D eigenvalue weighted by Gasteiger charge is -2.36. The van der Waals surface area contributed by atoms with Gasteiger partial charge in [-0.1, -0.05) is 88.1 Å². The van der Waals surface area contributed by atoms with Crippen LogP contribution in [-0.2, 0) is 11.2 Å². The quantitative estimate of drug-likeness (QED) is 0.323. The lowest BCUT2D eigenvalue weighted by molar-refractivity contribution is -0.118. The summed E-state index contributed by atoms with van der Waals surface area (Å²) in [4.78, 5) is 11.8. The number of aryl methyl sites for hydroxylation is 1. The van der Waals surface area contributed by atoms with E-state index in [1.807, 2.05) is 0 Å². The fourth-order valence-electron chi connectivity index (χ4n) is 4.78. The molecule has 0 unspecified atom stereocenters. The number of carbonyl (C=O) groups is 1. The SMILES string of the molecule is CCCCCC1(C=O)CCC(c2ccc(-c3ccc(CCC)cc3)cc2)CC1. The summed E-state index contributed by atoms with van der Waals surface area (Å²) in [6.07, 6.45) is 12.8. The molecule has 2 aromatic rings. The highest BCUT2D eigenvalue weighted by atomic mass is 16.1. The average Bonchev–Trinajstić information content (AvgIpc) is 2.75. The summed E-state index contributed by atoms with van der Waals surface area (Å²) < 4.78 is 0. The molecule has 1 heteroatoms. The molecule has 0 bridgehead atoms. The summed E-state index contributed by atoms with van der Waals surface area (Å²) >= 11 is 0. The molecule has 1 aliphatic rings. The Morgan fingerprint density at radius 3 is 2.00 bits per heavy atom. The highest BCUT2D eigenvalue weighted by Crippen LogP contribution is 2.45. The van der Waals surface area contributed by atoms with Gasteiger partial charge in [0.1, 0.15) is 6.29 Å². The van der Waals surface area contributed by atoms with Gasteiger partial charge in [0, 0.05) is 5.41 Å². The van der Waals surface area contributed by atoms with Crippen LogP contribution < -0.4 is 0 Å². The summed E-state index contributed by atoms with van der Waals surface area (Å²) in [5.74, 6) is 0.611. The zero-order chi connectivity index (χ0) is 19.8. The van der Waals surface area contributed by atoms with Gasteiger partial charge in [0.05, 0.1) is 0 Å². The van der Waals surface area contributed by atoms with E-state index in [0.29, 0.717) is 5.92 Å². The van der Waals surface area contributed by atoms with Gasteiger partial charge in [-0.2, -0.15) is 0 Å². The Balaban J connectivity index is 1.60. The molecule has 0 aromatic heterocycles. The van der Waals surface area contributed by atoms with Gasteiger partial charge < -0.3 is 4.79 Å². The van der Waals surface area contributed by atoms with E-state index >= 15 is 0 Å². The van der Waals surface area contributed by atoms with Gasteiger partial charge in [0.25, 0.3) is 0 Å². The van der Waals surface area contributed by atoms with E-state index in [2.05, 4.69) is 62.4 Å². The summed E-state index contributed by atoms with van der Waals surface area (Å²) in [5.41, 5.74) is 5.42. The van der Waals surface area contributed by atoms with Gasteiger partial charge in [-0.25, -0.2) is 0 Å². The Labute approximate surface area is 171 Å². The van der Waals surface area contributed by atoms with E-state index in [9.17, 15) is 4.79 Å². The maximum Gasteiger partial charge on any atom is 0.126 e. The third kappa shape index (κ3) is 5.13. The summed E-state index contributed by atoms with van der Waals surface area (Å²) in [6, 6.07) is 18.2. The molecule has 1 aliphatic carbocycles. The molecule has 0 heterocycles. The first kappa shape index (κ1) is 20.8. The second-order valence-corrected chi connectivity index (χ2v) is 8.78. The second-order valence-electron chi connectivity index (χ2n) is 8.78. The van der Waals surface area contributed by atoms with E-state index in [1.54, 1.807) is 0 Å². The van der Waals surface area contributed by atoms with Crippen molar-refractivity contribution in [1.82, 2.24) is 0 Å². The Hall–Kier alpha value is -1.89. The Bertz CT molecular complexity index is 718. The lowest BCUT2D eigenvalue weighted by Crippen LogP contribution is -2.28. The van der Waals surface area contributed by atoms with Crippen molar-refractivity contribution in [1.29, 1.82) is 0 Å². The number of aldehydes is 1. The van der Waals surface area contributed by atoms with Crippen LogP contribution in [0.2, 0.25) is 0 Å². The number of hydrogen-bond donors (Lipinski definition) is 0. The average molecular weight is 377 g/mol. The topological polar surface area (TPSA) is 17.1 Å². The van der Waals surface area contributed by atoms with E-state index in [-0.39, 0.29) is 5.41 Å². The molecule has 2 aromatic carbocycles. The van der Waals surface area contributed by atoms with Gasteiger partial charge in [-0.05, 0) is 66.7 Å². The van der Waals surface area contributed by atoms with Crippen LogP contribution >= 0.6 is 0 Å². The molecule has 0 atom stereocenters. The number of unbranched alkanes of at least 4 members (excludes halogenated alkanes) is 2. The fourth-order valence-corrected chi connectivity index (χ4v) is 4.78. The Morgan fingerprint density at radius 1 is 0.857 bits per heavy atom. The zero-order valence-corrected chi connectivity index (χ0v) is 17.8. The molecule has 0 amide bonds. The third-order valence-corrected chi connectivity index (χ3v) is 6.72. The van der Waals surface area contributed by atoms with Crippen molar-refractivity contribution >= 4 is 6.29 Å². The molecule has 28 heavy (non-hydrogen) atoms. The largest absolute Gasteiger partial charge is 0.303 e. The van der Waals surface area contributed by atoms with Crippen molar-refractivity contribution in [3.63, 3.8) is 0 Å². The highest BCUT2D eigenvalue weighted by molar-refractivity contribution is 5.64. The van der Waals surface area contributed by atoms with Gasteiger partial charge in [0.2, 0.25) is 0 Å². The number of rotatable bonds is 9. The molecule has 0 N–H and O–H groups in total. The molecule has 150 valence electrons. The summed E-state index contributed by atoms with van der Waals surface area (Å²) in [6.45, 7) is 4.45. The molecule has 1 nitrogen and oxygen atoms in total. The minimum Gasteiger partial charge on any atom is -0.303 e. The normalized spacial score (nSPS) is 22.1. The Morgan fingerprint density at radius 2 is 1.46 bits per heavy atom. The van der Waals surface area contributed by atoms with Crippen molar-refractivity contribution in [2.24, 2.45) is 5.41 Å². The molecule has 3 rings (SSSR count). The van der Waals surface area contributed by atoms with Crippen LogP contribution in [-0.4, -0.2) is 6.29 Å². The molecular weight excluding hydrogens is 340 g/mol. The highest BCUT2D eigenvalue weighted by Gasteiger charge is 2.34. The van der Waals surface area contributed by atoms with Crippen molar-refractivity contribution in [3.05, 3.63) is 59.7 Å². The second kappa shape index (κ2) is 10.0. The van der Waals surface area contributed by atoms with E-state index in [0.717, 1.165) is 38.5 Å². The number of benzene rings is 2. The van der Waals surface area contributed by atoms with E-state index in [1.165, 1.54) is 54.2 Å². The fraction of sp³-hybridized carbons (Fsp3) is 0.519. The van der Waals surface area contributed by atoms with Gasteiger partial charge >= 0.3 is 0 Å². The van der Waals surface area contributed by atoms with Gasteiger partial charge in [-0.3, -0.25) is 0 Å². The van der Waals surface area contributed by atoms with Crippen LogP contribution in [0.5, 0.6) is 0 Å². The van der Waals surface area contributed by atoms with Crippen molar-refractivity contribution < 1.29 is 4.79 Å². The predicted molar refractivity (Wildman–Crippen MR) is 120 cm³/mol. The predicted octanol–water partition coefficient (Wildman–Crippen LogP) is 7.73. The standard InChI is InChI=1S/C27H36O/c1-3-5-6-18-27(21-28)19-16-26(17-20-27)25-14-12-24(13-15-25)23-10-8-22(7-4-2)9-11-23/h8-15,21,26H,3-7,16-20H2,1-2H3. The lowest BCUT2D eigenvalue weighted by atomic mass is 9.67. The number of carbonyl (C=O) groups excluding carboxylic acids is 1. The molecule has 1 saturated carbocycles. The smallest absolute Gasteiger partial charge is 0.126 e. The van der Waals surface area contributed by atoms with Gasteiger partial charge in [-0.15, -0.1) is 0 Å².